The van der Waals surface area contributed by atoms with Gasteiger partial charge in [0.1, 0.15) is 18.3 Å². The number of halogens is 3. The van der Waals surface area contributed by atoms with Gasteiger partial charge < -0.3 is 15.0 Å². The van der Waals surface area contributed by atoms with Gasteiger partial charge in [-0.2, -0.15) is 0 Å². The van der Waals surface area contributed by atoms with Gasteiger partial charge in [0, 0.05) is 23.1 Å². The minimum atomic E-state index is -4.23. The van der Waals surface area contributed by atoms with E-state index in [1.165, 1.54) is 42.3 Å². The number of sulfonamides is 1. The van der Waals surface area contributed by atoms with Crippen molar-refractivity contribution in [1.29, 1.82) is 0 Å². The zero-order valence-electron chi connectivity index (χ0n) is 22.2. The van der Waals surface area contributed by atoms with Gasteiger partial charge in [0.25, 0.3) is 10.0 Å². The molecular formula is C28H30Cl3N3O5S. The lowest BCUT2D eigenvalue weighted by Crippen LogP contribution is -2.52. The Morgan fingerprint density at radius 1 is 0.950 bits per heavy atom. The van der Waals surface area contributed by atoms with Crippen LogP contribution in [0.5, 0.6) is 5.75 Å². The molecule has 0 aliphatic heterocycles. The first-order valence-corrected chi connectivity index (χ1v) is 15.0. The average Bonchev–Trinajstić information content (AvgIpc) is 2.93. The predicted octanol–water partition coefficient (Wildman–Crippen LogP) is 5.79. The number of anilines is 1. The van der Waals surface area contributed by atoms with Crippen LogP contribution < -0.4 is 14.4 Å². The van der Waals surface area contributed by atoms with Crippen molar-refractivity contribution in [3.05, 3.63) is 87.4 Å². The quantitative estimate of drug-likeness (QED) is 0.274. The molecule has 0 aromatic heterocycles. The first-order valence-electron chi connectivity index (χ1n) is 12.5. The number of hydrogen-bond donors (Lipinski definition) is 1. The molecule has 3 aromatic rings. The molecule has 0 aliphatic carbocycles. The van der Waals surface area contributed by atoms with Crippen LogP contribution in [0.4, 0.5) is 5.69 Å². The molecule has 0 radical (unpaired) electrons. The molecule has 3 aromatic carbocycles. The van der Waals surface area contributed by atoms with Gasteiger partial charge in [-0.25, -0.2) is 8.42 Å². The van der Waals surface area contributed by atoms with Gasteiger partial charge in [0.05, 0.1) is 22.7 Å². The van der Waals surface area contributed by atoms with E-state index in [1.54, 1.807) is 50.2 Å². The normalized spacial score (nSPS) is 11.9. The Kier molecular flexibility index (Phi) is 11.1. The highest BCUT2D eigenvalue weighted by molar-refractivity contribution is 7.92. The van der Waals surface area contributed by atoms with Crippen LogP contribution in [0.3, 0.4) is 0 Å². The summed E-state index contributed by atoms with van der Waals surface area (Å²) in [5.74, 6) is -0.640. The van der Waals surface area contributed by atoms with Gasteiger partial charge in [-0.3, -0.25) is 13.9 Å². The maximum Gasteiger partial charge on any atom is 0.264 e. The van der Waals surface area contributed by atoms with E-state index >= 15 is 0 Å². The number of carbonyl (C=O) groups is 2. The first kappa shape index (κ1) is 31.5. The average molecular weight is 627 g/mol. The number of amides is 2. The molecule has 1 atom stereocenters. The van der Waals surface area contributed by atoms with Crippen molar-refractivity contribution >= 4 is 62.3 Å². The molecule has 0 spiro atoms. The zero-order valence-corrected chi connectivity index (χ0v) is 25.3. The van der Waals surface area contributed by atoms with E-state index in [4.69, 9.17) is 39.5 Å². The Balaban J connectivity index is 2.10. The van der Waals surface area contributed by atoms with Gasteiger partial charge in [-0.15, -0.1) is 0 Å². The van der Waals surface area contributed by atoms with E-state index in [1.807, 2.05) is 0 Å². The maximum absolute atomic E-state index is 14.0. The monoisotopic (exact) mass is 625 g/mol. The number of likely N-dealkylation sites (N-methyl/N-ethyl adjacent to an activating group) is 1. The summed E-state index contributed by atoms with van der Waals surface area (Å²) in [4.78, 5) is 28.4. The van der Waals surface area contributed by atoms with Gasteiger partial charge in [0.15, 0.2) is 0 Å². The Morgan fingerprint density at radius 3 is 2.23 bits per heavy atom. The van der Waals surface area contributed by atoms with E-state index in [0.717, 1.165) is 4.31 Å². The van der Waals surface area contributed by atoms with E-state index < -0.39 is 28.5 Å². The SMILES string of the molecule is CCNC(=O)[C@@H](CC)N(Cc1ccc(Cl)cc1Cl)C(=O)CN(c1ccc(OC)c(Cl)c1)S(=O)(=O)c1ccccc1. The molecule has 3 rings (SSSR count). The van der Waals surface area contributed by atoms with Crippen LogP contribution in [-0.4, -0.2) is 51.4 Å². The van der Waals surface area contributed by atoms with Crippen molar-refractivity contribution in [1.82, 2.24) is 10.2 Å². The van der Waals surface area contributed by atoms with Crippen molar-refractivity contribution in [2.24, 2.45) is 0 Å². The van der Waals surface area contributed by atoms with E-state index in [2.05, 4.69) is 5.32 Å². The number of nitrogens with zero attached hydrogens (tertiary/aromatic N) is 2. The minimum absolute atomic E-state index is 0.0159. The van der Waals surface area contributed by atoms with Crippen molar-refractivity contribution < 1.29 is 22.7 Å². The highest BCUT2D eigenvalue weighted by Gasteiger charge is 2.34. The summed E-state index contributed by atoms with van der Waals surface area (Å²) in [6, 6.07) is 16.1. The maximum atomic E-state index is 14.0. The van der Waals surface area contributed by atoms with E-state index in [-0.39, 0.29) is 34.5 Å². The van der Waals surface area contributed by atoms with Crippen molar-refractivity contribution in [2.75, 3.05) is 24.5 Å². The van der Waals surface area contributed by atoms with Crippen LogP contribution in [0.2, 0.25) is 15.1 Å². The third-order valence-electron chi connectivity index (χ3n) is 6.13. The van der Waals surface area contributed by atoms with Crippen LogP contribution in [0.15, 0.2) is 71.6 Å². The summed E-state index contributed by atoms with van der Waals surface area (Å²) in [5, 5.41) is 3.65. The third kappa shape index (κ3) is 7.40. The number of rotatable bonds is 12. The number of nitrogens with one attached hydrogen (secondary N) is 1. The fraction of sp³-hybridized carbons (Fsp3) is 0.286. The van der Waals surface area contributed by atoms with Gasteiger partial charge in [-0.05, 0) is 61.4 Å². The summed E-state index contributed by atoms with van der Waals surface area (Å²) < 4.78 is 33.9. The number of carbonyl (C=O) groups excluding carboxylic acids is 2. The van der Waals surface area contributed by atoms with Crippen LogP contribution in [-0.2, 0) is 26.2 Å². The van der Waals surface area contributed by atoms with Crippen LogP contribution in [0.1, 0.15) is 25.8 Å². The van der Waals surface area contributed by atoms with Gasteiger partial charge in [-0.1, -0.05) is 66.0 Å². The van der Waals surface area contributed by atoms with Crippen molar-refractivity contribution in [2.45, 2.75) is 37.8 Å². The van der Waals surface area contributed by atoms with Gasteiger partial charge >= 0.3 is 0 Å². The summed E-state index contributed by atoms with van der Waals surface area (Å²) in [6.07, 6.45) is 0.280. The lowest BCUT2D eigenvalue weighted by Gasteiger charge is -2.33. The standard InChI is InChI=1S/C28H30Cl3N3O5S/c1-4-25(28(36)32-5-2)33(17-19-11-12-20(29)15-23(19)30)27(35)18-34(21-13-14-26(39-3)24(31)16-21)40(37,38)22-9-7-6-8-10-22/h6-16,25H,4-5,17-18H2,1-3H3,(H,32,36)/t25-/m1/s1. The molecule has 0 saturated carbocycles. The van der Waals surface area contributed by atoms with Crippen LogP contribution in [0.25, 0.3) is 0 Å². The third-order valence-corrected chi connectivity index (χ3v) is 8.80. The summed E-state index contributed by atoms with van der Waals surface area (Å²) in [7, 11) is -2.79. The summed E-state index contributed by atoms with van der Waals surface area (Å²) >= 11 is 18.8. The van der Waals surface area contributed by atoms with Crippen molar-refractivity contribution in [3.8, 4) is 5.75 Å². The number of benzene rings is 3. The number of ether oxygens (including phenoxy) is 1. The molecular weight excluding hydrogens is 597 g/mol. The fourth-order valence-corrected chi connectivity index (χ4v) is 6.25. The lowest BCUT2D eigenvalue weighted by molar-refractivity contribution is -0.140. The lowest BCUT2D eigenvalue weighted by atomic mass is 10.1. The Hall–Kier alpha value is -2.98. The smallest absolute Gasteiger partial charge is 0.264 e. The molecule has 2 amide bonds. The Bertz CT molecular complexity index is 1450. The minimum Gasteiger partial charge on any atom is -0.495 e. The second-order valence-electron chi connectivity index (χ2n) is 8.72. The molecule has 214 valence electrons. The second-order valence-corrected chi connectivity index (χ2v) is 11.8. The molecule has 0 fully saturated rings. The molecule has 12 heteroatoms. The van der Waals surface area contributed by atoms with E-state index in [0.29, 0.717) is 27.9 Å². The van der Waals surface area contributed by atoms with Crippen molar-refractivity contribution in [3.63, 3.8) is 0 Å². The second kappa shape index (κ2) is 14.1. The summed E-state index contributed by atoms with van der Waals surface area (Å²) in [6.45, 7) is 3.24. The molecule has 0 aliphatic rings. The predicted molar refractivity (Wildman–Crippen MR) is 159 cm³/mol. The molecule has 8 nitrogen and oxygen atoms in total. The Morgan fingerprint density at radius 2 is 1.65 bits per heavy atom. The largest absolute Gasteiger partial charge is 0.495 e. The molecule has 0 bridgehead atoms. The van der Waals surface area contributed by atoms with Crippen LogP contribution in [0, 0.1) is 0 Å². The zero-order chi connectivity index (χ0) is 29.4. The van der Waals surface area contributed by atoms with Gasteiger partial charge in [0.2, 0.25) is 11.8 Å². The Labute approximate surface area is 249 Å². The topological polar surface area (TPSA) is 96.0 Å². The highest BCUT2D eigenvalue weighted by atomic mass is 35.5. The first-order chi connectivity index (χ1) is 19.0. The fourth-order valence-electron chi connectivity index (χ4n) is 4.10. The van der Waals surface area contributed by atoms with E-state index in [9.17, 15) is 18.0 Å². The highest BCUT2D eigenvalue weighted by Crippen LogP contribution is 2.32. The number of methoxy groups -OCH3 is 1. The molecule has 0 saturated heterocycles. The number of hydrogen-bond acceptors (Lipinski definition) is 5. The van der Waals surface area contributed by atoms with Crippen LogP contribution >= 0.6 is 34.8 Å². The summed E-state index contributed by atoms with van der Waals surface area (Å²) in [5.41, 5.74) is 0.700. The molecule has 0 heterocycles. The molecule has 0 unspecified atom stereocenters. The molecule has 1 N–H and O–H groups in total. The molecule has 40 heavy (non-hydrogen) atoms.